The van der Waals surface area contributed by atoms with E-state index < -0.39 is 0 Å². The molecule has 0 atom stereocenters. The molecular weight excluding hydrogens is 217 g/mol. The Labute approximate surface area is 99.1 Å². The number of rotatable bonds is 4. The van der Waals surface area contributed by atoms with Crippen molar-refractivity contribution in [2.24, 2.45) is 0 Å². The number of nitrogens with one attached hydrogen (secondary N) is 1. The van der Waals surface area contributed by atoms with Crippen LogP contribution < -0.4 is 5.32 Å². The molecule has 0 saturated heterocycles. The summed E-state index contributed by atoms with van der Waals surface area (Å²) >= 11 is 0. The van der Waals surface area contributed by atoms with Crippen LogP contribution >= 0.6 is 0 Å². The summed E-state index contributed by atoms with van der Waals surface area (Å²) in [6, 6.07) is 13.5. The van der Waals surface area contributed by atoms with Gasteiger partial charge in [0.1, 0.15) is 12.1 Å². The van der Waals surface area contributed by atoms with Crippen molar-refractivity contribution in [3.8, 4) is 0 Å². The van der Waals surface area contributed by atoms with Gasteiger partial charge >= 0.3 is 0 Å². The molecule has 2 nitrogen and oxygen atoms in total. The third kappa shape index (κ3) is 3.14. The molecule has 3 heteroatoms. The highest BCUT2D eigenvalue weighted by Gasteiger charge is 1.95. The van der Waals surface area contributed by atoms with Crippen LogP contribution in [0.1, 0.15) is 15.9 Å². The standard InChI is InChI=1S/C14H12FNO/c15-13-5-1-11(2-6-13)9-16-14-7-3-12(10-17)4-8-14/h1-8,10,16H,9H2. The summed E-state index contributed by atoms with van der Waals surface area (Å²) in [5.41, 5.74) is 2.59. The predicted octanol–water partition coefficient (Wildman–Crippen LogP) is 3.25. The minimum atomic E-state index is -0.232. The zero-order chi connectivity index (χ0) is 12.1. The second kappa shape index (κ2) is 5.25. The van der Waals surface area contributed by atoms with Gasteiger partial charge in [-0.2, -0.15) is 0 Å². The SMILES string of the molecule is O=Cc1ccc(NCc2ccc(F)cc2)cc1. The molecule has 0 heterocycles. The fourth-order valence-corrected chi connectivity index (χ4v) is 1.49. The molecule has 0 radical (unpaired) electrons. The second-order valence-electron chi connectivity index (χ2n) is 3.72. The van der Waals surface area contributed by atoms with Gasteiger partial charge in [-0.1, -0.05) is 12.1 Å². The monoisotopic (exact) mass is 229 g/mol. The van der Waals surface area contributed by atoms with Crippen LogP contribution in [-0.4, -0.2) is 6.29 Å². The Kier molecular flexibility index (Phi) is 3.50. The van der Waals surface area contributed by atoms with E-state index in [-0.39, 0.29) is 5.82 Å². The fourth-order valence-electron chi connectivity index (χ4n) is 1.49. The predicted molar refractivity (Wildman–Crippen MR) is 65.6 cm³/mol. The van der Waals surface area contributed by atoms with Gasteiger partial charge in [-0.15, -0.1) is 0 Å². The van der Waals surface area contributed by atoms with Gasteiger partial charge in [-0.25, -0.2) is 4.39 Å². The van der Waals surface area contributed by atoms with Crippen molar-refractivity contribution in [1.29, 1.82) is 0 Å². The highest BCUT2D eigenvalue weighted by Crippen LogP contribution is 2.10. The molecule has 86 valence electrons. The lowest BCUT2D eigenvalue weighted by molar-refractivity contribution is 0.112. The average Bonchev–Trinajstić information content (AvgIpc) is 2.39. The zero-order valence-corrected chi connectivity index (χ0v) is 9.19. The third-order valence-corrected chi connectivity index (χ3v) is 2.46. The van der Waals surface area contributed by atoms with E-state index in [0.717, 1.165) is 17.5 Å². The van der Waals surface area contributed by atoms with Crippen molar-refractivity contribution in [3.05, 3.63) is 65.5 Å². The van der Waals surface area contributed by atoms with Crippen molar-refractivity contribution >= 4 is 12.0 Å². The van der Waals surface area contributed by atoms with E-state index >= 15 is 0 Å². The molecule has 1 N–H and O–H groups in total. The van der Waals surface area contributed by atoms with Crippen molar-refractivity contribution in [2.75, 3.05) is 5.32 Å². The average molecular weight is 229 g/mol. The summed E-state index contributed by atoms with van der Waals surface area (Å²) < 4.78 is 12.7. The van der Waals surface area contributed by atoms with Crippen LogP contribution in [0.4, 0.5) is 10.1 Å². The highest BCUT2D eigenvalue weighted by atomic mass is 19.1. The van der Waals surface area contributed by atoms with E-state index in [0.29, 0.717) is 12.1 Å². The number of hydrogen-bond acceptors (Lipinski definition) is 2. The normalized spacial score (nSPS) is 9.94. The first-order chi connectivity index (χ1) is 8.28. The van der Waals surface area contributed by atoms with E-state index in [1.165, 1.54) is 12.1 Å². The van der Waals surface area contributed by atoms with Gasteiger partial charge in [-0.3, -0.25) is 4.79 Å². The zero-order valence-electron chi connectivity index (χ0n) is 9.19. The van der Waals surface area contributed by atoms with Crippen LogP contribution in [0.2, 0.25) is 0 Å². The lowest BCUT2D eigenvalue weighted by Gasteiger charge is -2.06. The Balaban J connectivity index is 1.97. The number of halogens is 1. The molecule has 2 aromatic rings. The van der Waals surface area contributed by atoms with Crippen LogP contribution in [0, 0.1) is 5.82 Å². The maximum absolute atomic E-state index is 12.7. The summed E-state index contributed by atoms with van der Waals surface area (Å²) in [5, 5.41) is 3.19. The van der Waals surface area contributed by atoms with Gasteiger partial charge in [0.25, 0.3) is 0 Å². The van der Waals surface area contributed by atoms with Gasteiger partial charge in [0.05, 0.1) is 0 Å². The first-order valence-electron chi connectivity index (χ1n) is 5.31. The first-order valence-corrected chi connectivity index (χ1v) is 5.31. The number of hydrogen-bond donors (Lipinski definition) is 1. The lowest BCUT2D eigenvalue weighted by Crippen LogP contribution is -1.99. The fraction of sp³-hybridized carbons (Fsp3) is 0.0714. The van der Waals surface area contributed by atoms with E-state index in [9.17, 15) is 9.18 Å². The summed E-state index contributed by atoms with van der Waals surface area (Å²) in [6.45, 7) is 0.626. The molecule has 17 heavy (non-hydrogen) atoms. The van der Waals surface area contributed by atoms with Crippen molar-refractivity contribution in [3.63, 3.8) is 0 Å². The van der Waals surface area contributed by atoms with Gasteiger partial charge < -0.3 is 5.32 Å². The topological polar surface area (TPSA) is 29.1 Å². The van der Waals surface area contributed by atoms with E-state index in [1.807, 2.05) is 12.1 Å². The molecule has 0 amide bonds. The Morgan fingerprint density at radius 3 is 2.24 bits per heavy atom. The second-order valence-corrected chi connectivity index (χ2v) is 3.72. The number of anilines is 1. The van der Waals surface area contributed by atoms with Crippen molar-refractivity contribution in [1.82, 2.24) is 0 Å². The Morgan fingerprint density at radius 2 is 1.65 bits per heavy atom. The van der Waals surface area contributed by atoms with Crippen molar-refractivity contribution in [2.45, 2.75) is 6.54 Å². The molecule has 0 fully saturated rings. The molecule has 0 saturated carbocycles. The smallest absolute Gasteiger partial charge is 0.150 e. The molecule has 0 aliphatic carbocycles. The molecule has 0 bridgehead atoms. The Hall–Kier alpha value is -2.16. The number of benzene rings is 2. The Morgan fingerprint density at radius 1 is 1.00 bits per heavy atom. The first kappa shape index (κ1) is 11.3. The van der Waals surface area contributed by atoms with Crippen LogP contribution in [0.5, 0.6) is 0 Å². The van der Waals surface area contributed by atoms with Crippen LogP contribution in [0.3, 0.4) is 0 Å². The molecule has 0 unspecified atom stereocenters. The van der Waals surface area contributed by atoms with E-state index in [2.05, 4.69) is 5.32 Å². The van der Waals surface area contributed by atoms with Crippen molar-refractivity contribution < 1.29 is 9.18 Å². The number of aldehydes is 1. The number of carbonyl (C=O) groups is 1. The minimum absolute atomic E-state index is 0.232. The maximum Gasteiger partial charge on any atom is 0.150 e. The molecule has 0 aliphatic heterocycles. The summed E-state index contributed by atoms with van der Waals surface area (Å²) in [6.07, 6.45) is 0.809. The van der Waals surface area contributed by atoms with Gasteiger partial charge in [0.15, 0.2) is 0 Å². The minimum Gasteiger partial charge on any atom is -0.381 e. The van der Waals surface area contributed by atoms with Crippen LogP contribution in [0.25, 0.3) is 0 Å². The van der Waals surface area contributed by atoms with Gasteiger partial charge in [0, 0.05) is 17.8 Å². The quantitative estimate of drug-likeness (QED) is 0.815. The van der Waals surface area contributed by atoms with E-state index in [4.69, 9.17) is 0 Å². The largest absolute Gasteiger partial charge is 0.381 e. The Bertz CT molecular complexity index is 491. The van der Waals surface area contributed by atoms with Gasteiger partial charge in [-0.05, 0) is 42.0 Å². The lowest BCUT2D eigenvalue weighted by atomic mass is 10.2. The molecular formula is C14H12FNO. The van der Waals surface area contributed by atoms with Gasteiger partial charge in [0.2, 0.25) is 0 Å². The third-order valence-electron chi connectivity index (χ3n) is 2.46. The molecule has 2 rings (SSSR count). The molecule has 2 aromatic carbocycles. The summed E-state index contributed by atoms with van der Waals surface area (Å²) in [7, 11) is 0. The maximum atomic E-state index is 12.7. The van der Waals surface area contributed by atoms with Crippen LogP contribution in [0.15, 0.2) is 48.5 Å². The highest BCUT2D eigenvalue weighted by molar-refractivity contribution is 5.75. The van der Waals surface area contributed by atoms with Crippen LogP contribution in [-0.2, 0) is 6.54 Å². The van der Waals surface area contributed by atoms with E-state index in [1.54, 1.807) is 24.3 Å². The molecule has 0 spiro atoms. The number of carbonyl (C=O) groups excluding carboxylic acids is 1. The summed E-state index contributed by atoms with van der Waals surface area (Å²) in [5.74, 6) is -0.232. The molecule has 0 aliphatic rings. The molecule has 0 aromatic heterocycles. The summed E-state index contributed by atoms with van der Waals surface area (Å²) in [4.78, 5) is 10.5.